The molecule has 0 aromatic heterocycles. The third-order valence-electron chi connectivity index (χ3n) is 4.87. The Labute approximate surface area is 200 Å². The minimum absolute atomic E-state index is 0. The van der Waals surface area contributed by atoms with E-state index in [1.54, 1.807) is 0 Å². The molecule has 0 spiro atoms. The zero-order valence-corrected chi connectivity index (χ0v) is 22.1. The van der Waals surface area contributed by atoms with Crippen LogP contribution in [0.5, 0.6) is 0 Å². The molecule has 2 fully saturated rings. The van der Waals surface area contributed by atoms with E-state index in [4.69, 9.17) is 0 Å². The second-order valence-corrected chi connectivity index (χ2v) is 15.1. The molecule has 2 aliphatic rings. The summed E-state index contributed by atoms with van der Waals surface area (Å²) in [6, 6.07) is 9.84. The van der Waals surface area contributed by atoms with Crippen molar-refractivity contribution >= 4 is 21.0 Å². The summed E-state index contributed by atoms with van der Waals surface area (Å²) >= 11 is 0. The van der Waals surface area contributed by atoms with Crippen molar-refractivity contribution in [2.24, 2.45) is 0 Å². The molecule has 0 amide bonds. The van der Waals surface area contributed by atoms with Gasteiger partial charge in [0.1, 0.15) is 0 Å². The van der Waals surface area contributed by atoms with Crippen molar-refractivity contribution in [1.82, 2.24) is 0 Å². The van der Waals surface area contributed by atoms with Crippen LogP contribution >= 0.6 is 15.7 Å². The van der Waals surface area contributed by atoms with Gasteiger partial charge in [0.15, 0.2) is 5.30 Å². The number of hydrogen-bond acceptors (Lipinski definition) is 1. The van der Waals surface area contributed by atoms with Crippen LogP contribution in [0.25, 0.3) is 0 Å². The van der Waals surface area contributed by atoms with Gasteiger partial charge in [-0.15, -0.1) is 0 Å². The summed E-state index contributed by atoms with van der Waals surface area (Å²) < 4.78 is 13.1. The smallest absolute Gasteiger partial charge is 0.0919 e. The number of benzene rings is 1. The zero-order valence-electron chi connectivity index (χ0n) is 19.2. The molecule has 3 rings (SSSR count). The van der Waals surface area contributed by atoms with Gasteiger partial charge in [0.2, 0.25) is 5.66 Å². The van der Waals surface area contributed by atoms with Crippen LogP contribution in [0.4, 0.5) is 0 Å². The van der Waals surface area contributed by atoms with Gasteiger partial charge in [0, 0.05) is 29.4 Å². The van der Waals surface area contributed by atoms with Gasteiger partial charge < -0.3 is 0 Å². The molecule has 0 saturated heterocycles. The van der Waals surface area contributed by atoms with E-state index in [9.17, 15) is 4.57 Å². The molecule has 1 aromatic carbocycles. The fraction of sp³-hybridized carbons (Fsp3) is 0.385. The normalized spacial score (nSPS) is 19.8. The first-order valence-corrected chi connectivity index (χ1v) is 12.9. The van der Waals surface area contributed by atoms with Crippen LogP contribution in [-0.2, 0) is 21.6 Å². The molecule has 2 saturated carbocycles. The van der Waals surface area contributed by atoms with E-state index in [0.717, 1.165) is 11.0 Å². The fourth-order valence-electron chi connectivity index (χ4n) is 4.29. The molecule has 0 aliphatic heterocycles. The third-order valence-corrected chi connectivity index (χ3v) is 10.4. The standard InChI is InChI=1S/C21H30OP2.C5H5.Fe/c1-16(24(20(2,3)4)21(5,6)7)18-14-11-15-19(18)23(22)17-12-9-8-10-13-17;1-2-4-5-3-1;/h8-16H,1-7H3;1-5H;/q+1;;. The summed E-state index contributed by atoms with van der Waals surface area (Å²) in [5.74, 6) is 1.27. The summed E-state index contributed by atoms with van der Waals surface area (Å²) in [7, 11) is -1.82. The van der Waals surface area contributed by atoms with Crippen LogP contribution in [0, 0.1) is 62.9 Å². The van der Waals surface area contributed by atoms with E-state index in [1.165, 1.54) is 5.92 Å². The molecule has 162 valence electrons. The molecule has 30 heavy (non-hydrogen) atoms. The molecule has 2 atom stereocenters. The molecular weight excluding hydrogens is 446 g/mol. The Balaban J connectivity index is 0.000000655. The van der Waals surface area contributed by atoms with Gasteiger partial charge >= 0.3 is 7.80 Å². The molecular formula is C26H35FeOP2+. The van der Waals surface area contributed by atoms with E-state index in [1.807, 2.05) is 62.4 Å². The summed E-state index contributed by atoms with van der Waals surface area (Å²) in [5.41, 5.74) is 1.44. The van der Waals surface area contributed by atoms with Gasteiger partial charge in [-0.25, -0.2) is 0 Å². The van der Waals surface area contributed by atoms with Crippen molar-refractivity contribution in [3.63, 3.8) is 0 Å². The second kappa shape index (κ2) is 12.5. The molecule has 0 bridgehead atoms. The maximum Gasteiger partial charge on any atom is 0.389 e. The summed E-state index contributed by atoms with van der Waals surface area (Å²) in [6.07, 6.45) is 16.3. The van der Waals surface area contributed by atoms with Gasteiger partial charge in [0.25, 0.3) is 0 Å². The summed E-state index contributed by atoms with van der Waals surface area (Å²) in [4.78, 5) is 0. The molecule has 2 aliphatic carbocycles. The maximum atomic E-state index is 13.1. The first-order valence-electron chi connectivity index (χ1n) is 10.3. The Kier molecular flexibility index (Phi) is 11.8. The van der Waals surface area contributed by atoms with Gasteiger partial charge in [0.05, 0.1) is 0 Å². The van der Waals surface area contributed by atoms with E-state index < -0.39 is 7.80 Å². The van der Waals surface area contributed by atoms with Crippen molar-refractivity contribution in [2.45, 2.75) is 64.4 Å². The Morgan fingerprint density at radius 2 is 1.23 bits per heavy atom. The Bertz CT molecular complexity index is 607. The van der Waals surface area contributed by atoms with E-state index in [0.29, 0.717) is 5.66 Å². The molecule has 4 heteroatoms. The van der Waals surface area contributed by atoms with Crippen LogP contribution in [0.2, 0.25) is 0 Å². The summed E-state index contributed by atoms with van der Waals surface area (Å²) in [5, 5.41) is 1.42. The second-order valence-electron chi connectivity index (χ2n) is 9.35. The van der Waals surface area contributed by atoms with Crippen molar-refractivity contribution < 1.29 is 21.6 Å². The zero-order chi connectivity index (χ0) is 21.7. The number of hydrogen-bond donors (Lipinski definition) is 0. The topological polar surface area (TPSA) is 17.1 Å². The summed E-state index contributed by atoms with van der Waals surface area (Å²) in [6.45, 7) is 16.4. The van der Waals surface area contributed by atoms with Crippen molar-refractivity contribution in [3.8, 4) is 0 Å². The molecule has 0 N–H and O–H groups in total. The van der Waals surface area contributed by atoms with Gasteiger partial charge in [-0.3, -0.25) is 0 Å². The van der Waals surface area contributed by atoms with Crippen LogP contribution in [-0.4, -0.2) is 16.0 Å². The van der Waals surface area contributed by atoms with Gasteiger partial charge in [-0.2, -0.15) is 0 Å². The van der Waals surface area contributed by atoms with E-state index in [-0.39, 0.29) is 35.3 Å². The molecule has 1 aromatic rings. The quantitative estimate of drug-likeness (QED) is 0.325. The van der Waals surface area contributed by atoms with Crippen molar-refractivity contribution in [2.75, 3.05) is 0 Å². The Morgan fingerprint density at radius 3 is 1.67 bits per heavy atom. The Hall–Kier alpha value is 0.269. The molecule has 10 radical (unpaired) electrons. The maximum absolute atomic E-state index is 13.1. The SMILES string of the molecule is CC([C]1[CH][CH][CH][C]1[P+](=O)c1ccccc1)P(C(C)(C)C)C(C)(C)C.[CH]1[CH][CH][CH][CH]1.[Fe]. The minimum atomic E-state index is -1.52. The largest absolute Gasteiger partial charge is 0.389 e. The van der Waals surface area contributed by atoms with Crippen LogP contribution in [0.15, 0.2) is 30.3 Å². The predicted octanol–water partition coefficient (Wildman–Crippen LogP) is 7.36. The average molecular weight is 481 g/mol. The first kappa shape index (κ1) is 28.3. The van der Waals surface area contributed by atoms with Crippen LogP contribution in [0.3, 0.4) is 0 Å². The molecule has 2 unspecified atom stereocenters. The van der Waals surface area contributed by atoms with Crippen LogP contribution < -0.4 is 5.30 Å². The van der Waals surface area contributed by atoms with E-state index in [2.05, 4.69) is 67.7 Å². The average Bonchev–Trinajstić information content (AvgIpc) is 3.33. The third kappa shape index (κ3) is 8.00. The molecule has 1 nitrogen and oxygen atoms in total. The van der Waals surface area contributed by atoms with Crippen molar-refractivity contribution in [1.29, 1.82) is 0 Å². The fourth-order valence-corrected chi connectivity index (χ4v) is 10.7. The van der Waals surface area contributed by atoms with Gasteiger partial charge in [-0.05, 0) is 73.0 Å². The number of rotatable bonds is 4. The van der Waals surface area contributed by atoms with Crippen molar-refractivity contribution in [3.05, 3.63) is 93.3 Å². The molecule has 0 heterocycles. The first-order chi connectivity index (χ1) is 13.5. The van der Waals surface area contributed by atoms with Crippen LogP contribution in [0.1, 0.15) is 48.5 Å². The van der Waals surface area contributed by atoms with Gasteiger partial charge in [-0.1, -0.05) is 79.2 Å². The monoisotopic (exact) mass is 481 g/mol. The van der Waals surface area contributed by atoms with E-state index >= 15 is 0 Å². The Morgan fingerprint density at radius 1 is 0.767 bits per heavy atom. The minimum Gasteiger partial charge on any atom is -0.0919 e. The predicted molar refractivity (Wildman–Crippen MR) is 130 cm³/mol.